The fourth-order valence-corrected chi connectivity index (χ4v) is 2.87. The fraction of sp³-hybridized carbons (Fsp3) is 0.316. The van der Waals surface area contributed by atoms with Crippen LogP contribution in [0.5, 0.6) is 11.5 Å². The first-order valence-corrected chi connectivity index (χ1v) is 7.41. The van der Waals surface area contributed by atoms with Crippen molar-refractivity contribution in [1.82, 2.24) is 0 Å². The van der Waals surface area contributed by atoms with Gasteiger partial charge in [0.05, 0.1) is 7.11 Å². The lowest BCUT2D eigenvalue weighted by molar-refractivity contribution is -0.133. The molecule has 3 rings (SSSR count). The van der Waals surface area contributed by atoms with E-state index in [2.05, 4.69) is 20.8 Å². The third-order valence-corrected chi connectivity index (χ3v) is 4.02. The van der Waals surface area contributed by atoms with E-state index in [1.54, 1.807) is 7.11 Å². The number of carbonyl (C=O) groups is 1. The van der Waals surface area contributed by atoms with Crippen molar-refractivity contribution >= 4 is 5.97 Å². The molecule has 3 nitrogen and oxygen atoms in total. The Morgan fingerprint density at radius 2 is 1.77 bits per heavy atom. The molecule has 2 aromatic carbocycles. The van der Waals surface area contributed by atoms with E-state index in [1.165, 1.54) is 0 Å². The molecule has 22 heavy (non-hydrogen) atoms. The zero-order chi connectivity index (χ0) is 15.9. The van der Waals surface area contributed by atoms with Crippen LogP contribution in [0.3, 0.4) is 0 Å². The maximum atomic E-state index is 12.4. The summed E-state index contributed by atoms with van der Waals surface area (Å²) in [5, 5.41) is 0. The standard InChI is InChI=1S/C19H20O3/c1-19(2,3)15-11-13(21-4)10-14-16(18(20)22-17(14)15)12-8-6-5-7-9-12/h5-11,16H,1-4H3. The summed E-state index contributed by atoms with van der Waals surface area (Å²) < 4.78 is 11.1. The van der Waals surface area contributed by atoms with Gasteiger partial charge < -0.3 is 9.47 Å². The molecule has 0 saturated heterocycles. The second-order valence-electron chi connectivity index (χ2n) is 6.61. The Labute approximate surface area is 130 Å². The fourth-order valence-electron chi connectivity index (χ4n) is 2.87. The summed E-state index contributed by atoms with van der Waals surface area (Å²) in [5.41, 5.74) is 2.69. The first-order chi connectivity index (χ1) is 10.4. The van der Waals surface area contributed by atoms with Crippen molar-refractivity contribution < 1.29 is 14.3 Å². The van der Waals surface area contributed by atoms with E-state index in [-0.39, 0.29) is 17.3 Å². The zero-order valence-corrected chi connectivity index (χ0v) is 13.3. The number of rotatable bonds is 2. The smallest absolute Gasteiger partial charge is 0.323 e. The van der Waals surface area contributed by atoms with Gasteiger partial charge in [-0.3, -0.25) is 4.79 Å². The van der Waals surface area contributed by atoms with Gasteiger partial charge >= 0.3 is 5.97 Å². The molecular formula is C19H20O3. The van der Waals surface area contributed by atoms with Crippen LogP contribution in [0.1, 0.15) is 43.4 Å². The minimum absolute atomic E-state index is 0.134. The van der Waals surface area contributed by atoms with Gasteiger partial charge in [-0.2, -0.15) is 0 Å². The molecule has 0 aliphatic carbocycles. The molecule has 0 radical (unpaired) electrons. The third-order valence-electron chi connectivity index (χ3n) is 4.02. The van der Waals surface area contributed by atoms with Crippen molar-refractivity contribution in [3.05, 3.63) is 59.2 Å². The summed E-state index contributed by atoms with van der Waals surface area (Å²) in [7, 11) is 1.64. The van der Waals surface area contributed by atoms with Crippen LogP contribution in [0.15, 0.2) is 42.5 Å². The Balaban J connectivity index is 2.21. The summed E-state index contributed by atoms with van der Waals surface area (Å²) in [6.07, 6.45) is 0. The molecule has 1 unspecified atom stereocenters. The molecule has 1 aliphatic heterocycles. The Morgan fingerprint density at radius 1 is 1.09 bits per heavy atom. The number of hydrogen-bond acceptors (Lipinski definition) is 3. The first-order valence-electron chi connectivity index (χ1n) is 7.41. The summed E-state index contributed by atoms with van der Waals surface area (Å²) in [6.45, 7) is 6.31. The highest BCUT2D eigenvalue weighted by Gasteiger charge is 2.38. The van der Waals surface area contributed by atoms with Crippen LogP contribution in [0, 0.1) is 0 Å². The Hall–Kier alpha value is -2.29. The van der Waals surface area contributed by atoms with Crippen molar-refractivity contribution in [3.63, 3.8) is 0 Å². The number of ether oxygens (including phenoxy) is 2. The van der Waals surface area contributed by atoms with E-state index in [0.717, 1.165) is 22.4 Å². The number of hydrogen-bond donors (Lipinski definition) is 0. The van der Waals surface area contributed by atoms with Crippen LogP contribution in [0.25, 0.3) is 0 Å². The van der Waals surface area contributed by atoms with E-state index in [9.17, 15) is 4.79 Å². The van der Waals surface area contributed by atoms with Gasteiger partial charge in [-0.15, -0.1) is 0 Å². The molecular weight excluding hydrogens is 276 g/mol. The van der Waals surface area contributed by atoms with Crippen molar-refractivity contribution in [1.29, 1.82) is 0 Å². The van der Waals surface area contributed by atoms with Crippen molar-refractivity contribution in [2.24, 2.45) is 0 Å². The SMILES string of the molecule is COc1cc2c(c(C(C)(C)C)c1)OC(=O)C2c1ccccc1. The number of benzene rings is 2. The summed E-state index contributed by atoms with van der Waals surface area (Å²) in [6, 6.07) is 13.6. The molecule has 114 valence electrons. The van der Waals surface area contributed by atoms with E-state index >= 15 is 0 Å². The summed E-state index contributed by atoms with van der Waals surface area (Å²) >= 11 is 0. The lowest BCUT2D eigenvalue weighted by Gasteiger charge is -2.22. The number of esters is 1. The molecule has 0 saturated carbocycles. The average Bonchev–Trinajstić information content (AvgIpc) is 2.81. The van der Waals surface area contributed by atoms with Crippen molar-refractivity contribution in [2.75, 3.05) is 7.11 Å². The highest BCUT2D eigenvalue weighted by molar-refractivity contribution is 5.90. The van der Waals surface area contributed by atoms with E-state index in [1.807, 2.05) is 42.5 Å². The van der Waals surface area contributed by atoms with Gasteiger partial charge in [0.2, 0.25) is 0 Å². The molecule has 2 aromatic rings. The average molecular weight is 296 g/mol. The minimum atomic E-state index is -0.382. The molecule has 1 aliphatic rings. The van der Waals surface area contributed by atoms with E-state index in [4.69, 9.17) is 9.47 Å². The van der Waals surface area contributed by atoms with Crippen molar-refractivity contribution in [2.45, 2.75) is 32.1 Å². The molecule has 0 fully saturated rings. The lowest BCUT2D eigenvalue weighted by Crippen LogP contribution is -2.13. The number of methoxy groups -OCH3 is 1. The largest absolute Gasteiger partial charge is 0.497 e. The molecule has 0 N–H and O–H groups in total. The van der Waals surface area contributed by atoms with Gasteiger partial charge in [0.15, 0.2) is 0 Å². The normalized spacial score (nSPS) is 17.1. The first kappa shape index (κ1) is 14.6. The van der Waals surface area contributed by atoms with Crippen LogP contribution in [-0.2, 0) is 10.2 Å². The Kier molecular flexibility index (Phi) is 3.44. The highest BCUT2D eigenvalue weighted by Crippen LogP contribution is 2.46. The molecule has 1 atom stereocenters. The minimum Gasteiger partial charge on any atom is -0.497 e. The van der Waals surface area contributed by atoms with Gasteiger partial charge in [-0.25, -0.2) is 0 Å². The Morgan fingerprint density at radius 3 is 2.36 bits per heavy atom. The maximum absolute atomic E-state index is 12.4. The third kappa shape index (κ3) is 2.37. The number of carbonyl (C=O) groups excluding carboxylic acids is 1. The monoisotopic (exact) mass is 296 g/mol. The molecule has 1 heterocycles. The van der Waals surface area contributed by atoms with E-state index < -0.39 is 0 Å². The van der Waals surface area contributed by atoms with Gasteiger partial charge in [0.1, 0.15) is 17.4 Å². The zero-order valence-electron chi connectivity index (χ0n) is 13.3. The van der Waals surface area contributed by atoms with Crippen LogP contribution in [-0.4, -0.2) is 13.1 Å². The van der Waals surface area contributed by atoms with Gasteiger partial charge in [0.25, 0.3) is 0 Å². The van der Waals surface area contributed by atoms with Gasteiger partial charge in [0, 0.05) is 11.1 Å². The van der Waals surface area contributed by atoms with Crippen molar-refractivity contribution in [3.8, 4) is 11.5 Å². The maximum Gasteiger partial charge on any atom is 0.323 e. The van der Waals surface area contributed by atoms with Crippen LogP contribution in [0.2, 0.25) is 0 Å². The highest BCUT2D eigenvalue weighted by atomic mass is 16.5. The van der Waals surface area contributed by atoms with Gasteiger partial charge in [-0.1, -0.05) is 51.1 Å². The molecule has 0 amide bonds. The predicted octanol–water partition coefficient (Wildman–Crippen LogP) is 4.04. The molecule has 0 spiro atoms. The van der Waals surface area contributed by atoms with E-state index in [0.29, 0.717) is 5.75 Å². The van der Waals surface area contributed by atoms with Crippen LogP contribution >= 0.6 is 0 Å². The summed E-state index contributed by atoms with van der Waals surface area (Å²) in [4.78, 5) is 12.4. The molecule has 0 aromatic heterocycles. The van der Waals surface area contributed by atoms with Crippen LogP contribution in [0.4, 0.5) is 0 Å². The van der Waals surface area contributed by atoms with Crippen LogP contribution < -0.4 is 9.47 Å². The second-order valence-corrected chi connectivity index (χ2v) is 6.61. The quantitative estimate of drug-likeness (QED) is 0.619. The molecule has 3 heteroatoms. The molecule has 0 bridgehead atoms. The summed E-state index contributed by atoms with van der Waals surface area (Å²) in [5.74, 6) is 0.836. The topological polar surface area (TPSA) is 35.5 Å². The predicted molar refractivity (Wildman–Crippen MR) is 85.6 cm³/mol. The second kappa shape index (κ2) is 5.16. The number of fused-ring (bicyclic) bond motifs is 1. The Bertz CT molecular complexity index is 711. The lowest BCUT2D eigenvalue weighted by atomic mass is 9.83. The van der Waals surface area contributed by atoms with Gasteiger partial charge in [-0.05, 0) is 23.1 Å².